The maximum absolute atomic E-state index is 11.3. The van der Waals surface area contributed by atoms with E-state index in [0.717, 1.165) is 16.9 Å². The molecular weight excluding hydrogens is 354 g/mol. The van der Waals surface area contributed by atoms with Crippen LogP contribution in [0.5, 0.6) is 5.75 Å². The molecule has 144 valence electrons. The molecule has 6 nitrogen and oxygen atoms in total. The van der Waals surface area contributed by atoms with Gasteiger partial charge in [0.1, 0.15) is 17.6 Å². The van der Waals surface area contributed by atoms with Gasteiger partial charge in [0.2, 0.25) is 5.82 Å². The number of rotatable bonds is 7. The Balaban J connectivity index is 1.30. The molecule has 0 spiro atoms. The number of hydrogen-bond donors (Lipinski definition) is 0. The Morgan fingerprint density at radius 3 is 2.57 bits per heavy atom. The Kier molecular flexibility index (Phi) is 5.10. The van der Waals surface area contributed by atoms with E-state index >= 15 is 0 Å². The summed E-state index contributed by atoms with van der Waals surface area (Å²) in [7, 11) is 0. The SMILES string of the molecule is CC(=O)C[C@@H](C)c1ccc(OC2CN(c3nc(-c4ccccc4)no3)C2)cc1. The first-order valence-corrected chi connectivity index (χ1v) is 9.48. The number of hydrogen-bond acceptors (Lipinski definition) is 6. The number of carbonyl (C=O) groups excluding carboxylic acids is 1. The number of Topliss-reactive ketones (excluding diaryl/α,β-unsaturated/α-hetero) is 1. The van der Waals surface area contributed by atoms with Crippen LogP contribution < -0.4 is 9.64 Å². The highest BCUT2D eigenvalue weighted by Crippen LogP contribution is 2.27. The molecule has 0 bridgehead atoms. The van der Waals surface area contributed by atoms with E-state index in [1.807, 2.05) is 59.5 Å². The lowest BCUT2D eigenvalue weighted by atomic mass is 9.96. The number of ketones is 1. The lowest BCUT2D eigenvalue weighted by Gasteiger charge is -2.37. The van der Waals surface area contributed by atoms with E-state index in [4.69, 9.17) is 9.26 Å². The molecule has 0 saturated carbocycles. The smallest absolute Gasteiger partial charge is 0.324 e. The number of carbonyl (C=O) groups is 1. The van der Waals surface area contributed by atoms with Crippen LogP contribution in [0.1, 0.15) is 31.7 Å². The Morgan fingerprint density at radius 1 is 1.18 bits per heavy atom. The van der Waals surface area contributed by atoms with E-state index in [1.54, 1.807) is 6.92 Å². The van der Waals surface area contributed by atoms with Gasteiger partial charge in [0.25, 0.3) is 0 Å². The van der Waals surface area contributed by atoms with E-state index in [2.05, 4.69) is 17.1 Å². The highest BCUT2D eigenvalue weighted by Gasteiger charge is 2.32. The van der Waals surface area contributed by atoms with Crippen LogP contribution in [0.3, 0.4) is 0 Å². The summed E-state index contributed by atoms with van der Waals surface area (Å²) in [6.45, 7) is 5.11. The average molecular weight is 377 g/mol. The third-order valence-corrected chi connectivity index (χ3v) is 4.91. The topological polar surface area (TPSA) is 68.5 Å². The van der Waals surface area contributed by atoms with Crippen molar-refractivity contribution in [1.29, 1.82) is 0 Å². The van der Waals surface area contributed by atoms with Gasteiger partial charge in [-0.05, 0) is 30.5 Å². The van der Waals surface area contributed by atoms with Gasteiger partial charge in [-0.15, -0.1) is 0 Å². The van der Waals surface area contributed by atoms with Gasteiger partial charge >= 0.3 is 6.01 Å². The van der Waals surface area contributed by atoms with Gasteiger partial charge < -0.3 is 19.0 Å². The molecule has 1 saturated heterocycles. The molecule has 0 amide bonds. The molecular formula is C22H23N3O3. The summed E-state index contributed by atoms with van der Waals surface area (Å²) in [5.41, 5.74) is 2.09. The summed E-state index contributed by atoms with van der Waals surface area (Å²) >= 11 is 0. The fourth-order valence-electron chi connectivity index (χ4n) is 3.33. The van der Waals surface area contributed by atoms with Gasteiger partial charge in [-0.3, -0.25) is 0 Å². The van der Waals surface area contributed by atoms with Gasteiger partial charge in [0, 0.05) is 12.0 Å². The van der Waals surface area contributed by atoms with Crippen LogP contribution in [0.15, 0.2) is 59.1 Å². The highest BCUT2D eigenvalue weighted by atomic mass is 16.5. The summed E-state index contributed by atoms with van der Waals surface area (Å²) in [5, 5.41) is 4.05. The van der Waals surface area contributed by atoms with Crippen molar-refractivity contribution in [3.05, 3.63) is 60.2 Å². The molecule has 0 unspecified atom stereocenters. The maximum atomic E-state index is 11.3. The maximum Gasteiger partial charge on any atom is 0.324 e. The Morgan fingerprint density at radius 2 is 1.89 bits per heavy atom. The summed E-state index contributed by atoms with van der Waals surface area (Å²) < 4.78 is 11.4. The average Bonchev–Trinajstić information content (AvgIpc) is 3.14. The fourth-order valence-corrected chi connectivity index (χ4v) is 3.33. The lowest BCUT2D eigenvalue weighted by molar-refractivity contribution is -0.117. The molecule has 2 heterocycles. The van der Waals surface area contributed by atoms with Gasteiger partial charge in [0.15, 0.2) is 0 Å². The quantitative estimate of drug-likeness (QED) is 0.618. The van der Waals surface area contributed by atoms with Crippen molar-refractivity contribution < 1.29 is 14.1 Å². The third kappa shape index (κ3) is 4.06. The molecule has 1 atom stereocenters. The van der Waals surface area contributed by atoms with Crippen LogP contribution in [-0.2, 0) is 4.79 Å². The zero-order valence-electron chi connectivity index (χ0n) is 16.0. The fraction of sp³-hybridized carbons (Fsp3) is 0.318. The number of aromatic nitrogens is 2. The summed E-state index contributed by atoms with van der Waals surface area (Å²) in [6.07, 6.45) is 0.653. The predicted octanol–water partition coefficient (Wildman–Crippen LogP) is 4.09. The number of nitrogens with zero attached hydrogens (tertiary/aromatic N) is 3. The first-order valence-electron chi connectivity index (χ1n) is 9.48. The summed E-state index contributed by atoms with van der Waals surface area (Å²) in [6, 6.07) is 18.3. The molecule has 2 aromatic carbocycles. The molecule has 1 aliphatic heterocycles. The van der Waals surface area contributed by atoms with Crippen molar-refractivity contribution in [3.63, 3.8) is 0 Å². The Hall–Kier alpha value is -3.15. The highest BCUT2D eigenvalue weighted by molar-refractivity contribution is 5.76. The lowest BCUT2D eigenvalue weighted by Crippen LogP contribution is -2.54. The van der Waals surface area contributed by atoms with Gasteiger partial charge in [-0.2, -0.15) is 4.98 Å². The first-order chi connectivity index (χ1) is 13.6. The minimum absolute atomic E-state index is 0.0903. The van der Waals surface area contributed by atoms with Gasteiger partial charge in [0.05, 0.1) is 13.1 Å². The molecule has 6 heteroatoms. The first kappa shape index (κ1) is 18.2. The monoisotopic (exact) mass is 377 g/mol. The largest absolute Gasteiger partial charge is 0.487 e. The number of benzene rings is 2. The van der Waals surface area contributed by atoms with Crippen molar-refractivity contribution >= 4 is 11.8 Å². The zero-order valence-corrected chi connectivity index (χ0v) is 16.0. The summed E-state index contributed by atoms with van der Waals surface area (Å²) in [5.74, 6) is 1.86. The van der Waals surface area contributed by atoms with Crippen molar-refractivity contribution in [2.45, 2.75) is 32.3 Å². The van der Waals surface area contributed by atoms with Crippen LogP contribution in [0.25, 0.3) is 11.4 Å². The van der Waals surface area contributed by atoms with Gasteiger partial charge in [-0.1, -0.05) is 54.5 Å². The van der Waals surface area contributed by atoms with E-state index in [1.165, 1.54) is 0 Å². The standard InChI is InChI=1S/C22H23N3O3/c1-15(12-16(2)26)17-8-10-19(11-9-17)27-20-13-25(14-20)22-23-21(24-28-22)18-6-4-3-5-7-18/h3-11,15,20H,12-14H2,1-2H3/t15-/m1/s1. The van der Waals surface area contributed by atoms with Gasteiger partial charge in [-0.25, -0.2) is 0 Å². The molecule has 3 aromatic rings. The normalized spacial score (nSPS) is 15.1. The van der Waals surface area contributed by atoms with Crippen LogP contribution >= 0.6 is 0 Å². The summed E-state index contributed by atoms with van der Waals surface area (Å²) in [4.78, 5) is 17.7. The second-order valence-electron chi connectivity index (χ2n) is 7.29. The molecule has 1 aromatic heterocycles. The van der Waals surface area contributed by atoms with E-state index in [9.17, 15) is 4.79 Å². The molecule has 28 heavy (non-hydrogen) atoms. The van der Waals surface area contributed by atoms with Crippen LogP contribution in [-0.4, -0.2) is 35.1 Å². The molecule has 1 aliphatic rings. The molecule has 0 N–H and O–H groups in total. The van der Waals surface area contributed by atoms with Crippen LogP contribution in [0.4, 0.5) is 6.01 Å². The van der Waals surface area contributed by atoms with E-state index < -0.39 is 0 Å². The van der Waals surface area contributed by atoms with E-state index in [-0.39, 0.29) is 17.8 Å². The number of anilines is 1. The minimum atomic E-state index is 0.0903. The van der Waals surface area contributed by atoms with Crippen molar-refractivity contribution in [2.24, 2.45) is 0 Å². The Labute approximate surface area is 164 Å². The van der Waals surface area contributed by atoms with Crippen LogP contribution in [0, 0.1) is 0 Å². The second-order valence-corrected chi connectivity index (χ2v) is 7.29. The van der Waals surface area contributed by atoms with E-state index in [0.29, 0.717) is 31.3 Å². The molecule has 0 radical (unpaired) electrons. The van der Waals surface area contributed by atoms with Crippen molar-refractivity contribution in [1.82, 2.24) is 10.1 Å². The Bertz CT molecular complexity index is 931. The molecule has 0 aliphatic carbocycles. The zero-order chi connectivity index (χ0) is 19.5. The minimum Gasteiger partial charge on any atom is -0.487 e. The number of ether oxygens (including phenoxy) is 1. The van der Waals surface area contributed by atoms with Crippen molar-refractivity contribution in [2.75, 3.05) is 18.0 Å². The predicted molar refractivity (Wildman–Crippen MR) is 107 cm³/mol. The molecule has 1 fully saturated rings. The third-order valence-electron chi connectivity index (χ3n) is 4.91. The molecule has 4 rings (SSSR count). The van der Waals surface area contributed by atoms with Crippen molar-refractivity contribution in [3.8, 4) is 17.1 Å². The second kappa shape index (κ2) is 7.84. The van der Waals surface area contributed by atoms with Crippen LogP contribution in [0.2, 0.25) is 0 Å².